The first-order valence-corrected chi connectivity index (χ1v) is 7.31. The Morgan fingerprint density at radius 2 is 2.00 bits per heavy atom. The Bertz CT molecular complexity index is 679. The predicted octanol–water partition coefficient (Wildman–Crippen LogP) is 2.30. The van der Waals surface area contributed by atoms with E-state index in [0.29, 0.717) is 16.5 Å². The van der Waals surface area contributed by atoms with Crippen molar-refractivity contribution in [3.63, 3.8) is 0 Å². The Labute approximate surface area is 130 Å². The maximum Gasteiger partial charge on any atom is 0.234 e. The van der Waals surface area contributed by atoms with E-state index in [0.717, 1.165) is 0 Å². The van der Waals surface area contributed by atoms with E-state index in [1.807, 2.05) is 0 Å². The SMILES string of the molecule is CC(=O)Nc1ccc(SCC(=O)Nc2cccc(F)c2)nn1. The van der Waals surface area contributed by atoms with Gasteiger partial charge in [-0.3, -0.25) is 9.59 Å². The van der Waals surface area contributed by atoms with Gasteiger partial charge in [0.25, 0.3) is 0 Å². The smallest absolute Gasteiger partial charge is 0.234 e. The highest BCUT2D eigenvalue weighted by Crippen LogP contribution is 2.16. The highest BCUT2D eigenvalue weighted by atomic mass is 32.2. The van der Waals surface area contributed by atoms with Gasteiger partial charge in [0.2, 0.25) is 11.8 Å². The second kappa shape index (κ2) is 7.51. The number of carbonyl (C=O) groups is 2. The van der Waals surface area contributed by atoms with Gasteiger partial charge in [-0.05, 0) is 30.3 Å². The van der Waals surface area contributed by atoms with Crippen LogP contribution in [0.25, 0.3) is 0 Å². The van der Waals surface area contributed by atoms with Crippen LogP contribution in [-0.2, 0) is 9.59 Å². The van der Waals surface area contributed by atoms with Gasteiger partial charge < -0.3 is 10.6 Å². The average molecular weight is 320 g/mol. The van der Waals surface area contributed by atoms with Gasteiger partial charge in [-0.2, -0.15) is 0 Å². The van der Waals surface area contributed by atoms with Crippen LogP contribution in [0.15, 0.2) is 41.4 Å². The maximum absolute atomic E-state index is 13.0. The van der Waals surface area contributed by atoms with Gasteiger partial charge in [-0.1, -0.05) is 17.8 Å². The molecule has 0 radical (unpaired) electrons. The number of halogens is 1. The molecule has 0 aliphatic rings. The molecule has 0 aliphatic carbocycles. The first kappa shape index (κ1) is 15.9. The van der Waals surface area contributed by atoms with Crippen molar-refractivity contribution in [1.29, 1.82) is 0 Å². The fraction of sp³-hybridized carbons (Fsp3) is 0.143. The lowest BCUT2D eigenvalue weighted by molar-refractivity contribution is -0.114. The predicted molar refractivity (Wildman–Crippen MR) is 82.1 cm³/mol. The van der Waals surface area contributed by atoms with Gasteiger partial charge in [0.15, 0.2) is 5.82 Å². The zero-order valence-electron chi connectivity index (χ0n) is 11.7. The number of thioether (sulfide) groups is 1. The molecule has 8 heteroatoms. The van der Waals surface area contributed by atoms with Crippen molar-refractivity contribution in [3.05, 3.63) is 42.2 Å². The molecular formula is C14H13FN4O2S. The summed E-state index contributed by atoms with van der Waals surface area (Å²) < 4.78 is 13.0. The molecule has 6 nitrogen and oxygen atoms in total. The van der Waals surface area contributed by atoms with Gasteiger partial charge >= 0.3 is 0 Å². The van der Waals surface area contributed by atoms with Crippen LogP contribution >= 0.6 is 11.8 Å². The quantitative estimate of drug-likeness (QED) is 0.826. The number of nitrogens with one attached hydrogen (secondary N) is 2. The van der Waals surface area contributed by atoms with Crippen molar-refractivity contribution in [2.24, 2.45) is 0 Å². The number of rotatable bonds is 5. The number of amides is 2. The molecule has 2 amide bonds. The molecule has 0 unspecified atom stereocenters. The van der Waals surface area contributed by atoms with Crippen LogP contribution in [0.2, 0.25) is 0 Å². The van der Waals surface area contributed by atoms with E-state index in [9.17, 15) is 14.0 Å². The number of aromatic nitrogens is 2. The lowest BCUT2D eigenvalue weighted by Gasteiger charge is -2.05. The minimum absolute atomic E-state index is 0.116. The zero-order valence-corrected chi connectivity index (χ0v) is 12.5. The molecule has 2 aromatic rings. The second-order valence-electron chi connectivity index (χ2n) is 4.29. The van der Waals surface area contributed by atoms with Crippen molar-refractivity contribution in [3.8, 4) is 0 Å². The molecule has 1 heterocycles. The fourth-order valence-corrected chi connectivity index (χ4v) is 2.16. The summed E-state index contributed by atoms with van der Waals surface area (Å²) in [5.41, 5.74) is 0.401. The fourth-order valence-electron chi connectivity index (χ4n) is 1.55. The summed E-state index contributed by atoms with van der Waals surface area (Å²) >= 11 is 1.19. The molecule has 0 fully saturated rings. The summed E-state index contributed by atoms with van der Waals surface area (Å²) in [7, 11) is 0. The Kier molecular flexibility index (Phi) is 5.42. The van der Waals surface area contributed by atoms with E-state index in [4.69, 9.17) is 0 Å². The van der Waals surface area contributed by atoms with Crippen LogP contribution in [-0.4, -0.2) is 27.8 Å². The molecule has 0 atom stereocenters. The summed E-state index contributed by atoms with van der Waals surface area (Å²) in [6.07, 6.45) is 0. The Balaban J connectivity index is 1.84. The first-order chi connectivity index (χ1) is 10.5. The number of hydrogen-bond donors (Lipinski definition) is 2. The molecular weight excluding hydrogens is 307 g/mol. The molecule has 114 valence electrons. The summed E-state index contributed by atoms with van der Waals surface area (Å²) in [6.45, 7) is 1.38. The lowest BCUT2D eigenvalue weighted by atomic mass is 10.3. The van der Waals surface area contributed by atoms with E-state index in [1.165, 1.54) is 36.9 Å². The molecule has 1 aromatic carbocycles. The highest BCUT2D eigenvalue weighted by molar-refractivity contribution is 7.99. The second-order valence-corrected chi connectivity index (χ2v) is 5.28. The van der Waals surface area contributed by atoms with E-state index < -0.39 is 5.82 Å². The molecule has 0 saturated carbocycles. The van der Waals surface area contributed by atoms with Crippen LogP contribution < -0.4 is 10.6 Å². The number of benzene rings is 1. The zero-order chi connectivity index (χ0) is 15.9. The van der Waals surface area contributed by atoms with Crippen molar-refractivity contribution in [2.75, 3.05) is 16.4 Å². The van der Waals surface area contributed by atoms with Crippen molar-refractivity contribution >= 4 is 35.1 Å². The summed E-state index contributed by atoms with van der Waals surface area (Å²) in [6, 6.07) is 8.92. The summed E-state index contributed by atoms with van der Waals surface area (Å²) in [5.74, 6) is -0.455. The van der Waals surface area contributed by atoms with Gasteiger partial charge in [-0.15, -0.1) is 10.2 Å². The van der Waals surface area contributed by atoms with Crippen molar-refractivity contribution in [2.45, 2.75) is 11.9 Å². The highest BCUT2D eigenvalue weighted by Gasteiger charge is 2.06. The van der Waals surface area contributed by atoms with Crippen LogP contribution in [0, 0.1) is 5.82 Å². The van der Waals surface area contributed by atoms with Crippen molar-refractivity contribution in [1.82, 2.24) is 10.2 Å². The van der Waals surface area contributed by atoms with Gasteiger partial charge in [-0.25, -0.2) is 4.39 Å². The third-order valence-corrected chi connectivity index (χ3v) is 3.32. The minimum Gasteiger partial charge on any atom is -0.325 e. The average Bonchev–Trinajstić information content (AvgIpc) is 2.46. The van der Waals surface area contributed by atoms with E-state index >= 15 is 0 Å². The standard InChI is InChI=1S/C14H13FN4O2S/c1-9(20)16-12-5-6-14(19-18-12)22-8-13(21)17-11-4-2-3-10(15)7-11/h2-7H,8H2,1H3,(H,17,21)(H,16,18,20). The minimum atomic E-state index is -0.412. The van der Waals surface area contributed by atoms with Crippen LogP contribution in [0.3, 0.4) is 0 Å². The summed E-state index contributed by atoms with van der Waals surface area (Å²) in [5, 5.41) is 13.3. The number of nitrogens with zero attached hydrogens (tertiary/aromatic N) is 2. The molecule has 0 saturated heterocycles. The van der Waals surface area contributed by atoms with Crippen LogP contribution in [0.5, 0.6) is 0 Å². The lowest BCUT2D eigenvalue weighted by Crippen LogP contribution is -2.14. The van der Waals surface area contributed by atoms with Gasteiger partial charge in [0, 0.05) is 12.6 Å². The number of hydrogen-bond acceptors (Lipinski definition) is 5. The molecule has 1 aromatic heterocycles. The molecule has 22 heavy (non-hydrogen) atoms. The third-order valence-electron chi connectivity index (χ3n) is 2.40. The van der Waals surface area contributed by atoms with Crippen molar-refractivity contribution < 1.29 is 14.0 Å². The van der Waals surface area contributed by atoms with E-state index in [-0.39, 0.29) is 17.6 Å². The number of anilines is 2. The molecule has 0 aliphatic heterocycles. The van der Waals surface area contributed by atoms with Crippen LogP contribution in [0.1, 0.15) is 6.92 Å². The number of carbonyl (C=O) groups excluding carboxylic acids is 2. The molecule has 0 spiro atoms. The van der Waals surface area contributed by atoms with Gasteiger partial charge in [0.05, 0.1) is 5.75 Å². The first-order valence-electron chi connectivity index (χ1n) is 6.32. The Morgan fingerprint density at radius 3 is 2.64 bits per heavy atom. The molecule has 2 N–H and O–H groups in total. The van der Waals surface area contributed by atoms with E-state index in [1.54, 1.807) is 18.2 Å². The largest absolute Gasteiger partial charge is 0.325 e. The Hall–Kier alpha value is -2.48. The maximum atomic E-state index is 13.0. The van der Waals surface area contributed by atoms with E-state index in [2.05, 4.69) is 20.8 Å². The Morgan fingerprint density at radius 1 is 1.18 bits per heavy atom. The normalized spacial score (nSPS) is 10.1. The molecule has 2 rings (SSSR count). The third kappa shape index (κ3) is 5.13. The van der Waals surface area contributed by atoms with Crippen LogP contribution in [0.4, 0.5) is 15.9 Å². The summed E-state index contributed by atoms with van der Waals surface area (Å²) in [4.78, 5) is 22.6. The monoisotopic (exact) mass is 320 g/mol. The topological polar surface area (TPSA) is 84.0 Å². The van der Waals surface area contributed by atoms with Gasteiger partial charge in [0.1, 0.15) is 10.8 Å². The molecule has 0 bridgehead atoms.